The van der Waals surface area contributed by atoms with Gasteiger partial charge in [-0.05, 0) is 50.6 Å². The molecule has 1 saturated heterocycles. The Labute approximate surface area is 157 Å². The molecule has 2 heterocycles. The largest absolute Gasteiger partial charge is 0.344 e. The summed E-state index contributed by atoms with van der Waals surface area (Å²) in [6.07, 6.45) is 0.617. The zero-order chi connectivity index (χ0) is 18.2. The second kappa shape index (κ2) is 7.17. The van der Waals surface area contributed by atoms with Crippen molar-refractivity contribution in [3.05, 3.63) is 52.3 Å². The SMILES string of the molecule is Cc1cc(C(=O)CSc2ccc(Cl)cc2)c(C)n1C1CCS(=O)(=O)C1. The first-order chi connectivity index (χ1) is 11.8. The Kier molecular flexibility index (Phi) is 5.32. The summed E-state index contributed by atoms with van der Waals surface area (Å²) in [5, 5.41) is 0.672. The second-order valence-corrected chi connectivity index (χ2v) is 10.1. The average molecular weight is 398 g/mol. The summed E-state index contributed by atoms with van der Waals surface area (Å²) in [5.74, 6) is 0.788. The third kappa shape index (κ3) is 4.13. The van der Waals surface area contributed by atoms with Crippen LogP contribution in [0.25, 0.3) is 0 Å². The number of Topliss-reactive ketones (excluding diaryl/α,β-unsaturated/α-hetero) is 1. The lowest BCUT2D eigenvalue weighted by Gasteiger charge is -2.16. The van der Waals surface area contributed by atoms with Gasteiger partial charge in [0.15, 0.2) is 15.6 Å². The highest BCUT2D eigenvalue weighted by atomic mass is 35.5. The van der Waals surface area contributed by atoms with Crippen LogP contribution in [0.5, 0.6) is 0 Å². The highest BCUT2D eigenvalue weighted by Gasteiger charge is 2.31. The number of rotatable bonds is 5. The molecule has 134 valence electrons. The molecule has 1 unspecified atom stereocenters. The van der Waals surface area contributed by atoms with E-state index < -0.39 is 9.84 Å². The molecule has 0 amide bonds. The number of thioether (sulfide) groups is 1. The number of aryl methyl sites for hydroxylation is 1. The molecule has 0 radical (unpaired) electrons. The van der Waals surface area contributed by atoms with Crippen LogP contribution in [0, 0.1) is 13.8 Å². The Hall–Kier alpha value is -1.24. The highest BCUT2D eigenvalue weighted by molar-refractivity contribution is 8.00. The summed E-state index contributed by atoms with van der Waals surface area (Å²) >= 11 is 7.35. The predicted octanol–water partition coefficient (Wildman–Crippen LogP) is 4.09. The van der Waals surface area contributed by atoms with E-state index in [1.54, 1.807) is 12.1 Å². The molecule has 1 atom stereocenters. The third-order valence-electron chi connectivity index (χ3n) is 4.54. The molecular weight excluding hydrogens is 378 g/mol. The summed E-state index contributed by atoms with van der Waals surface area (Å²) in [6.45, 7) is 3.83. The molecule has 3 rings (SSSR count). The van der Waals surface area contributed by atoms with Crippen LogP contribution in [0.3, 0.4) is 0 Å². The first-order valence-electron chi connectivity index (χ1n) is 8.07. The Bertz CT molecular complexity index is 901. The van der Waals surface area contributed by atoms with E-state index in [2.05, 4.69) is 0 Å². The molecule has 7 heteroatoms. The summed E-state index contributed by atoms with van der Waals surface area (Å²) < 4.78 is 25.6. The van der Waals surface area contributed by atoms with Gasteiger partial charge in [-0.3, -0.25) is 4.79 Å². The van der Waals surface area contributed by atoms with Gasteiger partial charge < -0.3 is 4.57 Å². The number of carbonyl (C=O) groups excluding carboxylic acids is 1. The van der Waals surface area contributed by atoms with Crippen LogP contribution >= 0.6 is 23.4 Å². The maximum absolute atomic E-state index is 12.6. The molecule has 1 fully saturated rings. The van der Waals surface area contributed by atoms with Gasteiger partial charge in [-0.25, -0.2) is 8.42 Å². The van der Waals surface area contributed by atoms with Crippen molar-refractivity contribution < 1.29 is 13.2 Å². The first-order valence-corrected chi connectivity index (χ1v) is 11.3. The van der Waals surface area contributed by atoms with E-state index in [-0.39, 0.29) is 23.3 Å². The number of hydrogen-bond donors (Lipinski definition) is 0. The summed E-state index contributed by atoms with van der Waals surface area (Å²) in [6, 6.07) is 9.22. The maximum atomic E-state index is 12.6. The standard InChI is InChI=1S/C18H20ClNO3S2/c1-12-9-17(13(2)20(12)15-7-8-25(22,23)11-15)18(21)10-24-16-5-3-14(19)4-6-16/h3-6,9,15H,7-8,10-11H2,1-2H3. The zero-order valence-corrected chi connectivity index (χ0v) is 16.5. The number of nitrogens with zero attached hydrogens (tertiary/aromatic N) is 1. The van der Waals surface area contributed by atoms with Crippen molar-refractivity contribution in [3.8, 4) is 0 Å². The Morgan fingerprint density at radius 3 is 2.56 bits per heavy atom. The molecule has 1 aliphatic heterocycles. The van der Waals surface area contributed by atoms with Crippen LogP contribution in [0.15, 0.2) is 35.2 Å². The van der Waals surface area contributed by atoms with Gasteiger partial charge in [-0.15, -0.1) is 11.8 Å². The van der Waals surface area contributed by atoms with Gasteiger partial charge in [-0.1, -0.05) is 11.6 Å². The maximum Gasteiger partial charge on any atom is 0.174 e. The smallest absolute Gasteiger partial charge is 0.174 e. The molecule has 0 saturated carbocycles. The van der Waals surface area contributed by atoms with Crippen LogP contribution in [-0.2, 0) is 9.84 Å². The predicted molar refractivity (Wildman–Crippen MR) is 103 cm³/mol. The number of halogens is 1. The Morgan fingerprint density at radius 1 is 1.28 bits per heavy atom. The molecule has 25 heavy (non-hydrogen) atoms. The fourth-order valence-corrected chi connectivity index (χ4v) is 5.97. The third-order valence-corrected chi connectivity index (χ3v) is 7.56. The van der Waals surface area contributed by atoms with Crippen molar-refractivity contribution >= 4 is 39.0 Å². The van der Waals surface area contributed by atoms with Crippen molar-refractivity contribution in [2.24, 2.45) is 0 Å². The number of hydrogen-bond acceptors (Lipinski definition) is 4. The minimum atomic E-state index is -2.96. The molecular formula is C18H20ClNO3S2. The minimum Gasteiger partial charge on any atom is -0.344 e. The molecule has 1 aliphatic rings. The number of aromatic nitrogens is 1. The fourth-order valence-electron chi connectivity index (χ4n) is 3.36. The lowest BCUT2D eigenvalue weighted by atomic mass is 10.2. The first kappa shape index (κ1) is 18.5. The van der Waals surface area contributed by atoms with E-state index in [0.29, 0.717) is 22.8 Å². The monoisotopic (exact) mass is 397 g/mol. The van der Waals surface area contributed by atoms with E-state index in [0.717, 1.165) is 16.3 Å². The molecule has 0 spiro atoms. The summed E-state index contributed by atoms with van der Waals surface area (Å²) in [5.41, 5.74) is 2.49. The highest BCUT2D eigenvalue weighted by Crippen LogP contribution is 2.30. The van der Waals surface area contributed by atoms with Gasteiger partial charge in [0, 0.05) is 32.9 Å². The van der Waals surface area contributed by atoms with E-state index in [1.807, 2.05) is 36.6 Å². The van der Waals surface area contributed by atoms with Crippen molar-refractivity contribution in [1.82, 2.24) is 4.57 Å². The molecule has 1 aromatic carbocycles. The van der Waals surface area contributed by atoms with Crippen molar-refractivity contribution in [2.45, 2.75) is 31.2 Å². The van der Waals surface area contributed by atoms with Gasteiger partial charge in [0.05, 0.1) is 17.3 Å². The lowest BCUT2D eigenvalue weighted by Crippen LogP contribution is -2.14. The minimum absolute atomic E-state index is 0.0557. The van der Waals surface area contributed by atoms with Crippen LogP contribution in [0.2, 0.25) is 5.02 Å². The lowest BCUT2D eigenvalue weighted by molar-refractivity contribution is 0.102. The Morgan fingerprint density at radius 2 is 1.96 bits per heavy atom. The number of benzene rings is 1. The average Bonchev–Trinajstić information content (AvgIpc) is 3.05. The molecule has 1 aromatic heterocycles. The molecule has 0 aliphatic carbocycles. The molecule has 4 nitrogen and oxygen atoms in total. The van der Waals surface area contributed by atoms with Crippen molar-refractivity contribution in [3.63, 3.8) is 0 Å². The van der Waals surface area contributed by atoms with Crippen molar-refractivity contribution in [1.29, 1.82) is 0 Å². The molecule has 0 bridgehead atoms. The summed E-state index contributed by atoms with van der Waals surface area (Å²) in [7, 11) is -2.96. The van der Waals surface area contributed by atoms with Crippen LogP contribution in [0.1, 0.15) is 34.2 Å². The van der Waals surface area contributed by atoms with Crippen molar-refractivity contribution in [2.75, 3.05) is 17.3 Å². The number of sulfone groups is 1. The molecule has 2 aromatic rings. The van der Waals surface area contributed by atoms with Crippen LogP contribution in [-0.4, -0.2) is 36.0 Å². The van der Waals surface area contributed by atoms with Gasteiger partial charge in [0.25, 0.3) is 0 Å². The Balaban J connectivity index is 1.75. The molecule has 0 N–H and O–H groups in total. The van der Waals surface area contributed by atoms with Gasteiger partial charge in [0.2, 0.25) is 0 Å². The van der Waals surface area contributed by atoms with E-state index in [9.17, 15) is 13.2 Å². The number of carbonyl (C=O) groups is 1. The normalized spacial score (nSPS) is 19.2. The fraction of sp³-hybridized carbons (Fsp3) is 0.389. The quantitative estimate of drug-likeness (QED) is 0.563. The van der Waals surface area contributed by atoms with Gasteiger partial charge in [0.1, 0.15) is 0 Å². The van der Waals surface area contributed by atoms with Gasteiger partial charge >= 0.3 is 0 Å². The van der Waals surface area contributed by atoms with Crippen LogP contribution in [0.4, 0.5) is 0 Å². The van der Waals surface area contributed by atoms with Crippen LogP contribution < -0.4 is 0 Å². The number of ketones is 1. The van der Waals surface area contributed by atoms with E-state index in [4.69, 9.17) is 11.6 Å². The van der Waals surface area contributed by atoms with E-state index in [1.165, 1.54) is 11.8 Å². The van der Waals surface area contributed by atoms with E-state index >= 15 is 0 Å². The topological polar surface area (TPSA) is 56.1 Å². The second-order valence-electron chi connectivity index (χ2n) is 6.38. The summed E-state index contributed by atoms with van der Waals surface area (Å²) in [4.78, 5) is 13.6. The zero-order valence-electron chi connectivity index (χ0n) is 14.2. The van der Waals surface area contributed by atoms with Gasteiger partial charge in [-0.2, -0.15) is 0 Å².